The lowest BCUT2D eigenvalue weighted by atomic mass is 10.1. The Bertz CT molecular complexity index is 588. The van der Waals surface area contributed by atoms with Crippen LogP contribution in [0.1, 0.15) is 23.1 Å². The van der Waals surface area contributed by atoms with Gasteiger partial charge in [0.1, 0.15) is 0 Å². The Balaban J connectivity index is 2.37. The van der Waals surface area contributed by atoms with Gasteiger partial charge in [0, 0.05) is 18.3 Å². The lowest BCUT2D eigenvalue weighted by Crippen LogP contribution is -2.14. The third-order valence-electron chi connectivity index (χ3n) is 2.92. The van der Waals surface area contributed by atoms with Crippen LogP contribution in [0.4, 0.5) is 0 Å². The Kier molecular flexibility index (Phi) is 4.53. The number of aryl methyl sites for hydroxylation is 1. The minimum Gasteiger partial charge on any atom is -0.460 e. The van der Waals surface area contributed by atoms with Gasteiger partial charge in [0.25, 0.3) is 0 Å². The molecule has 1 aromatic carbocycles. The fourth-order valence-electron chi connectivity index (χ4n) is 1.92. The van der Waals surface area contributed by atoms with Crippen molar-refractivity contribution in [1.82, 2.24) is 9.55 Å². The maximum atomic E-state index is 11.9. The highest BCUT2D eigenvalue weighted by Crippen LogP contribution is 2.19. The molecule has 5 heteroatoms. The molecule has 0 aliphatic heterocycles. The number of carbonyl (C=O) groups is 1. The zero-order valence-electron chi connectivity index (χ0n) is 11.7. The van der Waals surface area contributed by atoms with Crippen LogP contribution in [-0.2, 0) is 11.3 Å². The monoisotopic (exact) mass is 274 g/mol. The summed E-state index contributed by atoms with van der Waals surface area (Å²) in [6.45, 7) is 4.31. The highest BCUT2D eigenvalue weighted by molar-refractivity contribution is 5.86. The van der Waals surface area contributed by atoms with E-state index in [2.05, 4.69) is 4.98 Å². The van der Waals surface area contributed by atoms with Gasteiger partial charge in [-0.3, -0.25) is 0 Å². The number of aromatic nitrogens is 2. The molecule has 1 N–H and O–H groups in total. The van der Waals surface area contributed by atoms with Crippen molar-refractivity contribution in [3.8, 4) is 11.3 Å². The Morgan fingerprint density at radius 3 is 2.65 bits per heavy atom. The number of aliphatic hydroxyl groups excluding tert-OH is 1. The molecular formula is C15H18N2O3. The second-order valence-electron chi connectivity index (χ2n) is 4.45. The molecule has 0 radical (unpaired) electrons. The minimum atomic E-state index is -0.473. The van der Waals surface area contributed by atoms with E-state index >= 15 is 0 Å². The van der Waals surface area contributed by atoms with Gasteiger partial charge < -0.3 is 14.4 Å². The van der Waals surface area contributed by atoms with Gasteiger partial charge in [-0.25, -0.2) is 9.78 Å². The van der Waals surface area contributed by atoms with Crippen LogP contribution >= 0.6 is 0 Å². The topological polar surface area (TPSA) is 64.3 Å². The van der Waals surface area contributed by atoms with Gasteiger partial charge in [-0.05, 0) is 13.8 Å². The molecule has 0 aliphatic rings. The molecule has 106 valence electrons. The molecule has 0 bridgehead atoms. The molecule has 0 spiro atoms. The van der Waals surface area contributed by atoms with Gasteiger partial charge in [-0.15, -0.1) is 0 Å². The second-order valence-corrected chi connectivity index (χ2v) is 4.45. The van der Waals surface area contributed by atoms with Crippen LogP contribution in [0, 0.1) is 6.92 Å². The van der Waals surface area contributed by atoms with Crippen LogP contribution in [0.15, 0.2) is 30.5 Å². The van der Waals surface area contributed by atoms with Crippen LogP contribution in [-0.4, -0.2) is 33.8 Å². The van der Waals surface area contributed by atoms with Crippen LogP contribution < -0.4 is 0 Å². The number of benzene rings is 1. The first-order chi connectivity index (χ1) is 9.65. The van der Waals surface area contributed by atoms with E-state index in [4.69, 9.17) is 9.84 Å². The summed E-state index contributed by atoms with van der Waals surface area (Å²) < 4.78 is 6.60. The summed E-state index contributed by atoms with van der Waals surface area (Å²) in [5, 5.41) is 9.07. The number of hydrogen-bond acceptors (Lipinski definition) is 4. The fraction of sp³-hybridized carbons (Fsp3) is 0.333. The van der Waals surface area contributed by atoms with Gasteiger partial charge in [-0.2, -0.15) is 0 Å². The maximum absolute atomic E-state index is 11.9. The van der Waals surface area contributed by atoms with E-state index < -0.39 is 5.97 Å². The molecule has 1 heterocycles. The lowest BCUT2D eigenvalue weighted by molar-refractivity contribution is 0.0505. The summed E-state index contributed by atoms with van der Waals surface area (Å²) in [7, 11) is 0. The number of hydrogen-bond donors (Lipinski definition) is 1. The zero-order valence-corrected chi connectivity index (χ0v) is 11.7. The number of nitrogens with zero attached hydrogens (tertiary/aromatic N) is 2. The average Bonchev–Trinajstić information content (AvgIpc) is 2.84. The molecule has 2 rings (SSSR count). The molecule has 0 aliphatic carbocycles. The molecule has 0 saturated carbocycles. The highest BCUT2D eigenvalue weighted by Gasteiger charge is 2.17. The van der Waals surface area contributed by atoms with E-state index in [0.29, 0.717) is 18.8 Å². The predicted molar refractivity (Wildman–Crippen MR) is 75.4 cm³/mol. The first-order valence-electron chi connectivity index (χ1n) is 6.58. The predicted octanol–water partition coefficient (Wildman–Crippen LogP) is 2.03. The summed E-state index contributed by atoms with van der Waals surface area (Å²) >= 11 is 0. The van der Waals surface area contributed by atoms with Crippen molar-refractivity contribution in [1.29, 1.82) is 0 Å². The van der Waals surface area contributed by atoms with Gasteiger partial charge in [0.05, 0.1) is 18.9 Å². The van der Waals surface area contributed by atoms with E-state index in [0.717, 1.165) is 11.1 Å². The van der Waals surface area contributed by atoms with Crippen molar-refractivity contribution in [2.75, 3.05) is 13.2 Å². The van der Waals surface area contributed by atoms with Gasteiger partial charge in [-0.1, -0.05) is 29.8 Å². The lowest BCUT2D eigenvalue weighted by Gasteiger charge is -2.04. The summed E-state index contributed by atoms with van der Waals surface area (Å²) in [5.41, 5.74) is 2.79. The third kappa shape index (κ3) is 3.05. The van der Waals surface area contributed by atoms with Gasteiger partial charge >= 0.3 is 5.97 Å². The van der Waals surface area contributed by atoms with Crippen LogP contribution in [0.25, 0.3) is 11.3 Å². The number of esters is 1. The van der Waals surface area contributed by atoms with Crippen LogP contribution in [0.3, 0.4) is 0 Å². The van der Waals surface area contributed by atoms with E-state index in [-0.39, 0.29) is 12.4 Å². The first kappa shape index (κ1) is 14.3. The Morgan fingerprint density at radius 2 is 2.05 bits per heavy atom. The molecule has 20 heavy (non-hydrogen) atoms. The molecule has 5 nitrogen and oxygen atoms in total. The summed E-state index contributed by atoms with van der Waals surface area (Å²) in [6, 6.07) is 7.89. The molecular weight excluding hydrogens is 256 g/mol. The summed E-state index contributed by atoms with van der Waals surface area (Å²) in [4.78, 5) is 16.2. The molecule has 0 atom stereocenters. The smallest absolute Gasteiger partial charge is 0.374 e. The normalized spacial score (nSPS) is 10.6. The molecule has 0 fully saturated rings. The Hall–Kier alpha value is -2.14. The molecule has 0 saturated heterocycles. The van der Waals surface area contributed by atoms with Crippen molar-refractivity contribution in [2.24, 2.45) is 0 Å². The number of ether oxygens (including phenoxy) is 1. The summed E-state index contributed by atoms with van der Waals surface area (Å²) in [5.74, 6) is -0.254. The quantitative estimate of drug-likeness (QED) is 0.847. The fourth-order valence-corrected chi connectivity index (χ4v) is 1.92. The SMILES string of the molecule is CCOC(=O)c1nc(-c2ccc(C)cc2)cn1CCO. The second kappa shape index (κ2) is 6.34. The van der Waals surface area contributed by atoms with E-state index in [9.17, 15) is 4.79 Å². The number of rotatable bonds is 5. The van der Waals surface area contributed by atoms with Crippen molar-refractivity contribution in [3.05, 3.63) is 41.9 Å². The molecule has 0 unspecified atom stereocenters. The minimum absolute atomic E-state index is 0.0594. The van der Waals surface area contributed by atoms with Crippen LogP contribution in [0.2, 0.25) is 0 Å². The summed E-state index contributed by atoms with van der Waals surface area (Å²) in [6.07, 6.45) is 1.76. The average molecular weight is 274 g/mol. The van der Waals surface area contributed by atoms with Gasteiger partial charge in [0.15, 0.2) is 0 Å². The molecule has 0 amide bonds. The first-order valence-corrected chi connectivity index (χ1v) is 6.58. The van der Waals surface area contributed by atoms with Crippen molar-refractivity contribution in [3.63, 3.8) is 0 Å². The largest absolute Gasteiger partial charge is 0.460 e. The van der Waals surface area contributed by atoms with Gasteiger partial charge in [0.2, 0.25) is 5.82 Å². The maximum Gasteiger partial charge on any atom is 0.374 e. The molecule has 2 aromatic rings. The van der Waals surface area contributed by atoms with Crippen molar-refractivity contribution >= 4 is 5.97 Å². The van der Waals surface area contributed by atoms with Crippen LogP contribution in [0.5, 0.6) is 0 Å². The van der Waals surface area contributed by atoms with E-state index in [1.165, 1.54) is 0 Å². The molecule has 1 aromatic heterocycles. The van der Waals surface area contributed by atoms with Crippen molar-refractivity contribution in [2.45, 2.75) is 20.4 Å². The highest BCUT2D eigenvalue weighted by atomic mass is 16.5. The Labute approximate surface area is 117 Å². The number of imidazole rings is 1. The number of aliphatic hydroxyl groups is 1. The van der Waals surface area contributed by atoms with E-state index in [1.54, 1.807) is 17.7 Å². The standard InChI is InChI=1S/C15H18N2O3/c1-3-20-15(19)14-16-13(10-17(14)8-9-18)12-6-4-11(2)5-7-12/h4-7,10,18H,3,8-9H2,1-2H3. The third-order valence-corrected chi connectivity index (χ3v) is 2.92. The zero-order chi connectivity index (χ0) is 14.5. The van der Waals surface area contributed by atoms with E-state index in [1.807, 2.05) is 31.2 Å². The Morgan fingerprint density at radius 1 is 1.35 bits per heavy atom. The number of carbonyl (C=O) groups excluding carboxylic acids is 1. The van der Waals surface area contributed by atoms with Crippen molar-refractivity contribution < 1.29 is 14.6 Å².